The lowest BCUT2D eigenvalue weighted by atomic mass is 9.89. The second-order valence-electron chi connectivity index (χ2n) is 6.67. The van der Waals surface area contributed by atoms with Gasteiger partial charge in [0, 0.05) is 18.8 Å². The molecule has 4 heteroatoms. The summed E-state index contributed by atoms with van der Waals surface area (Å²) in [5.41, 5.74) is 0.550. The van der Waals surface area contributed by atoms with Crippen LogP contribution in [0.3, 0.4) is 0 Å². The third kappa shape index (κ3) is 3.91. The Morgan fingerprint density at radius 2 is 1.95 bits per heavy atom. The first-order chi connectivity index (χ1) is 9.86. The molecule has 1 N–H and O–H groups in total. The Morgan fingerprint density at radius 1 is 1.15 bits per heavy atom. The summed E-state index contributed by atoms with van der Waals surface area (Å²) in [5.74, 6) is 1.27. The van der Waals surface area contributed by atoms with Gasteiger partial charge in [-0.25, -0.2) is 0 Å². The first-order valence-electron chi connectivity index (χ1n) is 8.39. The zero-order chi connectivity index (χ0) is 13.7. The molecule has 3 rings (SSSR count). The van der Waals surface area contributed by atoms with Crippen LogP contribution in [-0.4, -0.2) is 36.7 Å². The molecule has 114 valence electrons. The molecule has 2 saturated carbocycles. The van der Waals surface area contributed by atoms with E-state index in [0.29, 0.717) is 11.5 Å². The van der Waals surface area contributed by atoms with E-state index in [9.17, 15) is 0 Å². The Morgan fingerprint density at radius 3 is 2.65 bits per heavy atom. The van der Waals surface area contributed by atoms with Crippen molar-refractivity contribution in [3.05, 3.63) is 0 Å². The summed E-state index contributed by atoms with van der Waals surface area (Å²) in [6.07, 6.45) is 12.7. The van der Waals surface area contributed by atoms with Crippen molar-refractivity contribution >= 4 is 16.9 Å². The van der Waals surface area contributed by atoms with Crippen LogP contribution in [0.4, 0.5) is 0 Å². The molecule has 0 aromatic carbocycles. The van der Waals surface area contributed by atoms with Crippen molar-refractivity contribution in [2.24, 2.45) is 10.4 Å². The van der Waals surface area contributed by atoms with Crippen LogP contribution in [0.1, 0.15) is 57.8 Å². The van der Waals surface area contributed by atoms with Gasteiger partial charge in [-0.2, -0.15) is 0 Å². The lowest BCUT2D eigenvalue weighted by Crippen LogP contribution is -2.35. The Kier molecular flexibility index (Phi) is 5.27. The molecule has 0 amide bonds. The molecule has 2 aliphatic carbocycles. The van der Waals surface area contributed by atoms with Crippen LogP contribution in [0.15, 0.2) is 4.99 Å². The minimum absolute atomic E-state index is 0.522. The van der Waals surface area contributed by atoms with Gasteiger partial charge in [-0.05, 0) is 31.1 Å². The topological polar surface area (TPSA) is 33.6 Å². The van der Waals surface area contributed by atoms with E-state index in [1.165, 1.54) is 63.5 Å². The van der Waals surface area contributed by atoms with Gasteiger partial charge in [0.25, 0.3) is 0 Å². The average Bonchev–Trinajstić information content (AvgIpc) is 2.95. The van der Waals surface area contributed by atoms with Gasteiger partial charge in [0.2, 0.25) is 0 Å². The Balaban J connectivity index is 1.32. The van der Waals surface area contributed by atoms with Gasteiger partial charge in [0.05, 0.1) is 12.7 Å². The standard InChI is InChI=1S/C16H28N2OS/c1-2-6-14(7-3-1)19-11-10-17-15-18-12-16(13-20-15)8-4-5-9-16/h14H,1-13H2,(H,17,18). The van der Waals surface area contributed by atoms with E-state index >= 15 is 0 Å². The van der Waals surface area contributed by atoms with Gasteiger partial charge in [0.15, 0.2) is 5.17 Å². The molecular weight excluding hydrogens is 268 g/mol. The highest BCUT2D eigenvalue weighted by Crippen LogP contribution is 2.43. The van der Waals surface area contributed by atoms with Crippen LogP contribution < -0.4 is 5.32 Å². The molecule has 0 aromatic heterocycles. The Bertz CT molecular complexity index is 333. The molecule has 0 radical (unpaired) electrons. The SMILES string of the molecule is C1CCC(OCCNC2=NCC3(CCCC3)CS2)CC1. The molecule has 20 heavy (non-hydrogen) atoms. The van der Waals surface area contributed by atoms with E-state index in [1.807, 2.05) is 11.8 Å². The van der Waals surface area contributed by atoms with E-state index in [0.717, 1.165) is 24.9 Å². The predicted octanol–water partition coefficient (Wildman–Crippen LogP) is 3.59. The summed E-state index contributed by atoms with van der Waals surface area (Å²) in [5, 5.41) is 4.60. The highest BCUT2D eigenvalue weighted by Gasteiger charge is 2.36. The van der Waals surface area contributed by atoms with Gasteiger partial charge in [-0.1, -0.05) is 43.9 Å². The fraction of sp³-hybridized carbons (Fsp3) is 0.938. The van der Waals surface area contributed by atoms with Crippen LogP contribution >= 0.6 is 11.8 Å². The second kappa shape index (κ2) is 7.17. The predicted molar refractivity (Wildman–Crippen MR) is 86.5 cm³/mol. The molecule has 1 heterocycles. The fourth-order valence-electron chi connectivity index (χ4n) is 3.70. The van der Waals surface area contributed by atoms with Crippen molar-refractivity contribution in [3.63, 3.8) is 0 Å². The zero-order valence-electron chi connectivity index (χ0n) is 12.5. The quantitative estimate of drug-likeness (QED) is 0.805. The number of hydrogen-bond acceptors (Lipinski definition) is 4. The highest BCUT2D eigenvalue weighted by atomic mass is 32.2. The molecule has 2 fully saturated rings. The molecule has 0 aromatic rings. The molecule has 1 spiro atoms. The number of ether oxygens (including phenoxy) is 1. The molecular formula is C16H28N2OS. The van der Waals surface area contributed by atoms with Crippen molar-refractivity contribution in [1.82, 2.24) is 5.32 Å². The van der Waals surface area contributed by atoms with Crippen molar-refractivity contribution < 1.29 is 4.74 Å². The number of nitrogens with zero attached hydrogens (tertiary/aromatic N) is 1. The van der Waals surface area contributed by atoms with E-state index < -0.39 is 0 Å². The number of aliphatic imine (C=N–C) groups is 1. The van der Waals surface area contributed by atoms with Crippen molar-refractivity contribution in [3.8, 4) is 0 Å². The Labute approximate surface area is 127 Å². The van der Waals surface area contributed by atoms with Gasteiger partial charge >= 0.3 is 0 Å². The molecule has 0 bridgehead atoms. The molecule has 0 atom stereocenters. The summed E-state index contributed by atoms with van der Waals surface area (Å²) in [7, 11) is 0. The van der Waals surface area contributed by atoms with E-state index in [1.54, 1.807) is 0 Å². The van der Waals surface area contributed by atoms with Crippen molar-refractivity contribution in [1.29, 1.82) is 0 Å². The zero-order valence-corrected chi connectivity index (χ0v) is 13.3. The average molecular weight is 296 g/mol. The highest BCUT2D eigenvalue weighted by molar-refractivity contribution is 8.13. The lowest BCUT2D eigenvalue weighted by molar-refractivity contribution is 0.0319. The molecule has 3 aliphatic rings. The maximum atomic E-state index is 5.94. The van der Waals surface area contributed by atoms with Gasteiger partial charge in [-0.3, -0.25) is 4.99 Å². The summed E-state index contributed by atoms with van der Waals surface area (Å²) >= 11 is 1.93. The first-order valence-corrected chi connectivity index (χ1v) is 9.38. The van der Waals surface area contributed by atoms with Crippen molar-refractivity contribution in [2.75, 3.05) is 25.4 Å². The molecule has 0 saturated heterocycles. The number of amidine groups is 1. The number of thioether (sulfide) groups is 1. The largest absolute Gasteiger partial charge is 0.376 e. The summed E-state index contributed by atoms with van der Waals surface area (Å²) in [6, 6.07) is 0. The maximum Gasteiger partial charge on any atom is 0.156 e. The third-order valence-electron chi connectivity index (χ3n) is 5.02. The van der Waals surface area contributed by atoms with Crippen LogP contribution in [0.25, 0.3) is 0 Å². The third-order valence-corrected chi connectivity index (χ3v) is 6.32. The smallest absolute Gasteiger partial charge is 0.156 e. The number of rotatable bonds is 4. The molecule has 3 nitrogen and oxygen atoms in total. The summed E-state index contributed by atoms with van der Waals surface area (Å²) < 4.78 is 5.94. The monoisotopic (exact) mass is 296 g/mol. The van der Waals surface area contributed by atoms with Crippen LogP contribution in [0.2, 0.25) is 0 Å². The minimum Gasteiger partial charge on any atom is -0.376 e. The minimum atomic E-state index is 0.522. The summed E-state index contributed by atoms with van der Waals surface area (Å²) in [4.78, 5) is 4.76. The van der Waals surface area contributed by atoms with E-state index in [-0.39, 0.29) is 0 Å². The molecule has 0 unspecified atom stereocenters. The number of nitrogens with one attached hydrogen (secondary N) is 1. The van der Waals surface area contributed by atoms with Crippen molar-refractivity contribution in [2.45, 2.75) is 63.9 Å². The van der Waals surface area contributed by atoms with E-state index in [4.69, 9.17) is 9.73 Å². The second-order valence-corrected chi connectivity index (χ2v) is 7.64. The van der Waals surface area contributed by atoms with E-state index in [2.05, 4.69) is 5.32 Å². The van der Waals surface area contributed by atoms with Gasteiger partial charge in [0.1, 0.15) is 0 Å². The molecule has 1 aliphatic heterocycles. The van der Waals surface area contributed by atoms with Gasteiger partial charge < -0.3 is 10.1 Å². The first kappa shape index (κ1) is 14.7. The number of hydrogen-bond donors (Lipinski definition) is 1. The maximum absolute atomic E-state index is 5.94. The van der Waals surface area contributed by atoms with Crippen LogP contribution in [0.5, 0.6) is 0 Å². The normalized spacial score (nSPS) is 26.7. The van der Waals surface area contributed by atoms with Crippen LogP contribution in [0, 0.1) is 5.41 Å². The Hall–Kier alpha value is -0.220. The van der Waals surface area contributed by atoms with Crippen LogP contribution in [-0.2, 0) is 4.74 Å². The lowest BCUT2D eigenvalue weighted by Gasteiger charge is -2.31. The summed E-state index contributed by atoms with van der Waals surface area (Å²) in [6.45, 7) is 2.79. The van der Waals surface area contributed by atoms with Gasteiger partial charge in [-0.15, -0.1) is 0 Å². The fourth-order valence-corrected chi connectivity index (χ4v) is 4.88.